The first kappa shape index (κ1) is 16.5. The number of aliphatic imine (C=N–C) groups is 1. The van der Waals surface area contributed by atoms with Crippen LogP contribution in [0, 0.1) is 11.2 Å². The first-order chi connectivity index (χ1) is 10.2. The SMILES string of the molecule is NC(=O)C1(CC(F)(F)F)CN=CC=C1c1ccc(Cl)cc1F. The molecule has 1 unspecified atom stereocenters. The second kappa shape index (κ2) is 5.72. The van der Waals surface area contributed by atoms with Crippen molar-refractivity contribution in [2.75, 3.05) is 6.54 Å². The van der Waals surface area contributed by atoms with Crippen molar-refractivity contribution in [3.63, 3.8) is 0 Å². The lowest BCUT2D eigenvalue weighted by molar-refractivity contribution is -0.159. The number of amides is 1. The zero-order valence-electron chi connectivity index (χ0n) is 11.1. The van der Waals surface area contributed by atoms with Gasteiger partial charge >= 0.3 is 6.18 Å². The van der Waals surface area contributed by atoms with Gasteiger partial charge in [-0.25, -0.2) is 4.39 Å². The summed E-state index contributed by atoms with van der Waals surface area (Å²) >= 11 is 5.64. The van der Waals surface area contributed by atoms with Crippen molar-refractivity contribution in [1.82, 2.24) is 0 Å². The fourth-order valence-corrected chi connectivity index (χ4v) is 2.59. The smallest absolute Gasteiger partial charge is 0.369 e. The molecule has 0 bridgehead atoms. The second-order valence-corrected chi connectivity index (χ2v) is 5.37. The number of hydrogen-bond donors (Lipinski definition) is 1. The monoisotopic (exact) mass is 334 g/mol. The van der Waals surface area contributed by atoms with Gasteiger partial charge in [-0.15, -0.1) is 0 Å². The van der Waals surface area contributed by atoms with Crippen LogP contribution in [0.3, 0.4) is 0 Å². The lowest BCUT2D eigenvalue weighted by atomic mass is 9.72. The van der Waals surface area contributed by atoms with Crippen molar-refractivity contribution in [2.45, 2.75) is 12.6 Å². The Morgan fingerprint density at radius 1 is 1.41 bits per heavy atom. The fourth-order valence-electron chi connectivity index (χ4n) is 2.43. The molecule has 1 amide bonds. The van der Waals surface area contributed by atoms with Crippen molar-refractivity contribution in [3.8, 4) is 0 Å². The molecule has 3 nitrogen and oxygen atoms in total. The summed E-state index contributed by atoms with van der Waals surface area (Å²) in [5.41, 5.74) is 2.77. The van der Waals surface area contributed by atoms with Gasteiger partial charge in [0.25, 0.3) is 0 Å². The average molecular weight is 335 g/mol. The van der Waals surface area contributed by atoms with Gasteiger partial charge in [-0.1, -0.05) is 17.7 Å². The van der Waals surface area contributed by atoms with E-state index in [2.05, 4.69) is 4.99 Å². The van der Waals surface area contributed by atoms with E-state index in [9.17, 15) is 22.4 Å². The quantitative estimate of drug-likeness (QED) is 0.847. The van der Waals surface area contributed by atoms with Crippen molar-refractivity contribution in [2.24, 2.45) is 16.1 Å². The highest BCUT2D eigenvalue weighted by Crippen LogP contribution is 2.45. The standard InChI is InChI=1S/C14H11ClF4N2O/c15-8-1-2-9(11(16)5-8)10-3-4-21-7-13(10,12(20)22)6-14(17,18)19/h1-5H,6-7H2,(H2,20,22). The molecule has 1 aromatic carbocycles. The van der Waals surface area contributed by atoms with Crippen LogP contribution in [0.5, 0.6) is 0 Å². The summed E-state index contributed by atoms with van der Waals surface area (Å²) in [6.45, 7) is -0.490. The van der Waals surface area contributed by atoms with Crippen LogP contribution in [0.25, 0.3) is 5.57 Å². The predicted molar refractivity (Wildman–Crippen MR) is 75.0 cm³/mol. The fraction of sp³-hybridized carbons (Fsp3) is 0.286. The van der Waals surface area contributed by atoms with E-state index in [0.717, 1.165) is 6.07 Å². The first-order valence-electron chi connectivity index (χ1n) is 6.18. The van der Waals surface area contributed by atoms with Crippen LogP contribution < -0.4 is 5.73 Å². The molecule has 1 heterocycles. The van der Waals surface area contributed by atoms with Gasteiger partial charge in [0.15, 0.2) is 0 Å². The number of nitrogens with two attached hydrogens (primary N) is 1. The minimum Gasteiger partial charge on any atom is -0.369 e. The zero-order chi connectivity index (χ0) is 16.5. The highest BCUT2D eigenvalue weighted by atomic mass is 35.5. The van der Waals surface area contributed by atoms with Crippen molar-refractivity contribution < 1.29 is 22.4 Å². The number of primary amides is 1. The van der Waals surface area contributed by atoms with Crippen LogP contribution in [0.1, 0.15) is 12.0 Å². The largest absolute Gasteiger partial charge is 0.390 e. The van der Waals surface area contributed by atoms with Gasteiger partial charge in [-0.2, -0.15) is 13.2 Å². The Hall–Kier alpha value is -1.89. The molecule has 22 heavy (non-hydrogen) atoms. The van der Waals surface area contributed by atoms with Crippen LogP contribution in [0.4, 0.5) is 17.6 Å². The third-order valence-electron chi connectivity index (χ3n) is 3.42. The van der Waals surface area contributed by atoms with E-state index >= 15 is 0 Å². The van der Waals surface area contributed by atoms with E-state index in [1.807, 2.05) is 0 Å². The second-order valence-electron chi connectivity index (χ2n) is 4.93. The van der Waals surface area contributed by atoms with Crippen molar-refractivity contribution in [1.29, 1.82) is 0 Å². The molecule has 1 aromatic rings. The molecule has 0 saturated heterocycles. The summed E-state index contributed by atoms with van der Waals surface area (Å²) in [5.74, 6) is -2.04. The molecule has 2 N–H and O–H groups in total. The number of rotatable bonds is 3. The molecule has 118 valence electrons. The number of dihydropyridines is 1. The van der Waals surface area contributed by atoms with Gasteiger partial charge in [0.2, 0.25) is 5.91 Å². The van der Waals surface area contributed by atoms with Crippen LogP contribution in [-0.4, -0.2) is 24.8 Å². The number of carbonyl (C=O) groups is 1. The van der Waals surface area contributed by atoms with E-state index in [0.29, 0.717) is 0 Å². The molecule has 0 aromatic heterocycles. The maximum atomic E-state index is 14.1. The normalized spacial score (nSPS) is 21.6. The Morgan fingerprint density at radius 2 is 2.09 bits per heavy atom. The molecule has 0 spiro atoms. The van der Waals surface area contributed by atoms with Crippen LogP contribution >= 0.6 is 11.6 Å². The molecule has 0 saturated carbocycles. The molecule has 0 aliphatic carbocycles. The van der Waals surface area contributed by atoms with E-state index in [-0.39, 0.29) is 16.2 Å². The summed E-state index contributed by atoms with van der Waals surface area (Å²) < 4.78 is 52.8. The van der Waals surface area contributed by atoms with Gasteiger partial charge < -0.3 is 5.73 Å². The van der Waals surface area contributed by atoms with Gasteiger partial charge in [0.1, 0.15) is 11.2 Å². The van der Waals surface area contributed by atoms with Crippen LogP contribution in [-0.2, 0) is 4.79 Å². The van der Waals surface area contributed by atoms with Gasteiger partial charge in [0, 0.05) is 16.8 Å². The Balaban J connectivity index is 2.60. The Bertz CT molecular complexity index is 669. The molecule has 1 atom stereocenters. The van der Waals surface area contributed by atoms with E-state index in [1.165, 1.54) is 24.4 Å². The highest BCUT2D eigenvalue weighted by molar-refractivity contribution is 6.30. The van der Waals surface area contributed by atoms with Gasteiger partial charge in [0.05, 0.1) is 13.0 Å². The predicted octanol–water partition coefficient (Wildman–Crippen LogP) is 3.37. The number of alkyl halides is 3. The Kier molecular flexibility index (Phi) is 4.28. The zero-order valence-corrected chi connectivity index (χ0v) is 11.9. The lowest BCUT2D eigenvalue weighted by Gasteiger charge is -2.34. The van der Waals surface area contributed by atoms with Gasteiger partial charge in [-0.05, 0) is 23.8 Å². The average Bonchev–Trinajstić information content (AvgIpc) is 2.38. The van der Waals surface area contributed by atoms with E-state index in [1.54, 1.807) is 0 Å². The molecule has 1 aliphatic rings. The third-order valence-corrected chi connectivity index (χ3v) is 3.65. The molecule has 0 fully saturated rings. The van der Waals surface area contributed by atoms with Crippen molar-refractivity contribution in [3.05, 3.63) is 40.7 Å². The summed E-state index contributed by atoms with van der Waals surface area (Å²) in [6.07, 6.45) is -3.78. The number of halogens is 5. The van der Waals surface area contributed by atoms with Crippen LogP contribution in [0.2, 0.25) is 5.02 Å². The van der Waals surface area contributed by atoms with Gasteiger partial charge in [-0.3, -0.25) is 9.79 Å². The highest BCUT2D eigenvalue weighted by Gasteiger charge is 2.50. The summed E-state index contributed by atoms with van der Waals surface area (Å²) in [5, 5.41) is 0.0897. The molecule has 0 radical (unpaired) electrons. The first-order valence-corrected chi connectivity index (χ1v) is 6.56. The lowest BCUT2D eigenvalue weighted by Crippen LogP contribution is -2.45. The molecular formula is C14H11ClF4N2O. The number of carbonyl (C=O) groups excluding carboxylic acids is 1. The maximum Gasteiger partial charge on any atom is 0.390 e. The Labute approximate surface area is 128 Å². The number of nitrogens with zero attached hydrogens (tertiary/aromatic N) is 1. The molecule has 2 rings (SSSR count). The summed E-state index contributed by atoms with van der Waals surface area (Å²) in [7, 11) is 0. The van der Waals surface area contributed by atoms with E-state index < -0.39 is 36.3 Å². The number of allylic oxidation sites excluding steroid dienone is 1. The van der Waals surface area contributed by atoms with Crippen molar-refractivity contribution >= 4 is 29.3 Å². The third kappa shape index (κ3) is 3.14. The summed E-state index contributed by atoms with van der Waals surface area (Å²) in [6, 6.07) is 3.51. The number of hydrogen-bond acceptors (Lipinski definition) is 2. The Morgan fingerprint density at radius 3 is 2.64 bits per heavy atom. The molecular weight excluding hydrogens is 324 g/mol. The molecule has 1 aliphatic heterocycles. The minimum atomic E-state index is -4.66. The minimum absolute atomic E-state index is 0.0897. The topological polar surface area (TPSA) is 55.5 Å². The maximum absolute atomic E-state index is 14.1. The number of benzene rings is 1. The van der Waals surface area contributed by atoms with Crippen LogP contribution in [0.15, 0.2) is 29.3 Å². The summed E-state index contributed by atoms with van der Waals surface area (Å²) in [4.78, 5) is 15.5. The molecule has 8 heteroatoms. The van der Waals surface area contributed by atoms with E-state index in [4.69, 9.17) is 17.3 Å².